The molecule has 0 bridgehead atoms. The molecule has 0 aromatic heterocycles. The first kappa shape index (κ1) is 37.6. The number of hydrogen-bond acceptors (Lipinski definition) is 10. The minimum absolute atomic E-state index is 0.252. The van der Waals surface area contributed by atoms with Crippen molar-refractivity contribution >= 4 is 35.3 Å². The van der Waals surface area contributed by atoms with Gasteiger partial charge in [0.05, 0.1) is 0 Å². The summed E-state index contributed by atoms with van der Waals surface area (Å²) in [7, 11) is 0. The van der Waals surface area contributed by atoms with Crippen LogP contribution in [0.1, 0.15) is 91.9 Å². The normalized spacial score (nSPS) is 8.94. The zero-order chi connectivity index (χ0) is 25.9. The summed E-state index contributed by atoms with van der Waals surface area (Å²) in [6, 6.07) is 0. The van der Waals surface area contributed by atoms with Crippen molar-refractivity contribution in [3.05, 3.63) is 0 Å². The summed E-state index contributed by atoms with van der Waals surface area (Å²) in [5, 5.41) is 29.3. The number of aliphatic carboxylic acids is 3. The van der Waals surface area contributed by atoms with Gasteiger partial charge in [0.1, 0.15) is 17.3 Å². The van der Waals surface area contributed by atoms with Gasteiger partial charge in [-0.25, -0.2) is 0 Å². The van der Waals surface area contributed by atoms with Crippen molar-refractivity contribution in [2.45, 2.75) is 91.9 Å². The van der Waals surface area contributed by atoms with Gasteiger partial charge in [-0.15, -0.1) is 0 Å². The van der Waals surface area contributed by atoms with E-state index in [1.807, 2.05) is 20.8 Å². The SMILES string of the molecule is CCCC(=O)CC(=O)[O-].CCCC(=O)CC(=O)[O-].CCCC(=O)CC(=O)[O-].CCC[O][Zr+3]. The Balaban J connectivity index is -0.000000167. The topological polar surface area (TPSA) is 181 Å². The van der Waals surface area contributed by atoms with Gasteiger partial charge < -0.3 is 29.7 Å². The molecule has 182 valence electrons. The van der Waals surface area contributed by atoms with E-state index in [1.165, 1.54) is 25.2 Å². The van der Waals surface area contributed by atoms with E-state index >= 15 is 0 Å². The van der Waals surface area contributed by atoms with E-state index in [2.05, 4.69) is 6.92 Å². The second-order valence-corrected chi connectivity index (χ2v) is 7.07. The van der Waals surface area contributed by atoms with Crippen LogP contribution in [0.2, 0.25) is 0 Å². The molecule has 0 aliphatic heterocycles. The van der Waals surface area contributed by atoms with E-state index in [4.69, 9.17) is 2.81 Å². The minimum atomic E-state index is -1.28. The summed E-state index contributed by atoms with van der Waals surface area (Å²) in [6.45, 7) is 8.51. The van der Waals surface area contributed by atoms with Gasteiger partial charge in [0, 0.05) is 56.4 Å². The van der Waals surface area contributed by atoms with Gasteiger partial charge in [-0.05, 0) is 19.3 Å². The fourth-order valence-electron chi connectivity index (χ4n) is 1.69. The van der Waals surface area contributed by atoms with Gasteiger partial charge in [0.25, 0.3) is 0 Å². The number of carbonyl (C=O) groups excluding carboxylic acids is 6. The molecule has 0 heterocycles. The molecule has 11 heteroatoms. The molecular weight excluding hydrogens is 503 g/mol. The van der Waals surface area contributed by atoms with Crippen molar-refractivity contribution in [3.63, 3.8) is 0 Å². The molecule has 0 aliphatic rings. The van der Waals surface area contributed by atoms with E-state index in [9.17, 15) is 44.1 Å². The molecule has 10 nitrogen and oxygen atoms in total. The quantitative estimate of drug-likeness (QED) is 0.258. The van der Waals surface area contributed by atoms with Crippen LogP contribution in [0.5, 0.6) is 0 Å². The summed E-state index contributed by atoms with van der Waals surface area (Å²) in [5.74, 6) is -4.61. The fourth-order valence-corrected chi connectivity index (χ4v) is 2.19. The summed E-state index contributed by atoms with van der Waals surface area (Å²) >= 11 is 1.18. The Labute approximate surface area is 205 Å². The molecular formula is C21H34O10Zr. The van der Waals surface area contributed by atoms with Gasteiger partial charge >= 0.3 is 47.9 Å². The summed E-state index contributed by atoms with van der Waals surface area (Å²) in [5.41, 5.74) is 0. The Hall–Kier alpha value is -1.74. The number of rotatable bonds is 14. The fraction of sp³-hybridized carbons (Fsp3) is 0.714. The summed E-state index contributed by atoms with van der Waals surface area (Å²) in [6.07, 6.45) is 2.96. The first-order valence-electron chi connectivity index (χ1n) is 10.3. The molecule has 0 aliphatic carbocycles. The molecule has 0 unspecified atom stereocenters. The van der Waals surface area contributed by atoms with Crippen LogP contribution in [0.15, 0.2) is 0 Å². The first-order chi connectivity index (χ1) is 14.9. The summed E-state index contributed by atoms with van der Waals surface area (Å²) < 4.78 is 4.78. The number of carbonyl (C=O) groups is 6. The average molecular weight is 538 g/mol. The Morgan fingerprint density at radius 3 is 0.906 bits per heavy atom. The molecule has 0 N–H and O–H groups in total. The van der Waals surface area contributed by atoms with E-state index in [-0.39, 0.29) is 17.3 Å². The van der Waals surface area contributed by atoms with Crippen LogP contribution >= 0.6 is 0 Å². The van der Waals surface area contributed by atoms with Crippen molar-refractivity contribution < 1.29 is 72.1 Å². The zero-order valence-electron chi connectivity index (χ0n) is 19.4. The third-order valence-electron chi connectivity index (χ3n) is 2.92. The van der Waals surface area contributed by atoms with Crippen molar-refractivity contribution in [1.82, 2.24) is 0 Å². The van der Waals surface area contributed by atoms with Crippen LogP contribution in [-0.4, -0.2) is 41.9 Å². The molecule has 0 saturated heterocycles. The Morgan fingerprint density at radius 2 is 0.812 bits per heavy atom. The van der Waals surface area contributed by atoms with Crippen molar-refractivity contribution in [1.29, 1.82) is 0 Å². The number of carboxylic acids is 3. The van der Waals surface area contributed by atoms with Crippen LogP contribution in [-0.2, 0) is 56.7 Å². The Bertz CT molecular complexity index is 473. The first-order valence-corrected chi connectivity index (χ1v) is 11.3. The van der Waals surface area contributed by atoms with Crippen LogP contribution in [0.3, 0.4) is 0 Å². The predicted octanol–water partition coefficient (Wildman–Crippen LogP) is -0.638. The molecule has 0 amide bonds. The third kappa shape index (κ3) is 46.5. The second kappa shape index (κ2) is 29.3. The van der Waals surface area contributed by atoms with Crippen molar-refractivity contribution in [2.75, 3.05) is 6.61 Å². The second-order valence-electron chi connectivity index (χ2n) is 6.36. The number of carboxylic acid groups (broad SMARTS) is 3. The van der Waals surface area contributed by atoms with E-state index in [0.717, 1.165) is 13.0 Å². The zero-order valence-corrected chi connectivity index (χ0v) is 21.8. The van der Waals surface area contributed by atoms with Gasteiger partial charge in [0.2, 0.25) is 0 Å². The van der Waals surface area contributed by atoms with Crippen LogP contribution in [0.25, 0.3) is 0 Å². The van der Waals surface area contributed by atoms with Crippen LogP contribution in [0.4, 0.5) is 0 Å². The average Bonchev–Trinajstić information content (AvgIpc) is 2.62. The number of hydrogen-bond donors (Lipinski definition) is 0. The van der Waals surface area contributed by atoms with Crippen LogP contribution in [0, 0.1) is 0 Å². The molecule has 32 heavy (non-hydrogen) atoms. The maximum absolute atomic E-state index is 10.4. The third-order valence-corrected chi connectivity index (χ3v) is 3.42. The predicted molar refractivity (Wildman–Crippen MR) is 105 cm³/mol. The van der Waals surface area contributed by atoms with Gasteiger partial charge in [-0.3, -0.25) is 14.4 Å². The van der Waals surface area contributed by atoms with Crippen molar-refractivity contribution in [3.8, 4) is 0 Å². The maximum atomic E-state index is 10.4. The molecule has 0 rings (SSSR count). The number of ketones is 3. The molecule has 0 fully saturated rings. The van der Waals surface area contributed by atoms with E-state index in [1.54, 1.807) is 0 Å². The Kier molecular flexibility index (Phi) is 34.4. The number of Topliss-reactive ketones (excluding diaryl/α,β-unsaturated/α-hetero) is 3. The van der Waals surface area contributed by atoms with Gasteiger partial charge in [0.15, 0.2) is 0 Å². The standard InChI is InChI=1S/3C6H10O3.C3H7O.Zr/c3*1-2-3-5(7)4-6(8)9;1-2-3-4;/h3*2-4H2,1H3,(H,8,9);2-3H2,1H3;/q;;;-1;+4/p-3. The molecule has 0 spiro atoms. The molecule has 0 atom stereocenters. The van der Waals surface area contributed by atoms with Gasteiger partial charge in [-0.2, -0.15) is 0 Å². The molecule has 0 aromatic carbocycles. The molecule has 0 radical (unpaired) electrons. The van der Waals surface area contributed by atoms with E-state index in [0.29, 0.717) is 38.5 Å². The molecule has 0 saturated carbocycles. The van der Waals surface area contributed by atoms with Crippen LogP contribution < -0.4 is 15.3 Å². The summed E-state index contributed by atoms with van der Waals surface area (Å²) in [4.78, 5) is 60.6. The van der Waals surface area contributed by atoms with Crippen molar-refractivity contribution in [2.24, 2.45) is 0 Å². The van der Waals surface area contributed by atoms with Gasteiger partial charge in [-0.1, -0.05) is 20.8 Å². The Morgan fingerprint density at radius 1 is 0.562 bits per heavy atom. The molecule has 0 aromatic rings. The van der Waals surface area contributed by atoms with E-state index < -0.39 is 37.2 Å². The monoisotopic (exact) mass is 536 g/mol.